The topological polar surface area (TPSA) is 97.5 Å². The highest BCUT2D eigenvalue weighted by Crippen LogP contribution is 2.32. The van der Waals surface area contributed by atoms with Crippen molar-refractivity contribution >= 4 is 22.3 Å². The molecule has 0 radical (unpaired) electrons. The van der Waals surface area contributed by atoms with Crippen LogP contribution in [0.15, 0.2) is 30.5 Å². The van der Waals surface area contributed by atoms with Gasteiger partial charge in [-0.05, 0) is 12.5 Å². The zero-order valence-corrected chi connectivity index (χ0v) is 11.7. The third-order valence-electron chi connectivity index (χ3n) is 3.15. The Kier molecular flexibility index (Phi) is 5.02. The summed E-state index contributed by atoms with van der Waals surface area (Å²) in [7, 11) is 1.55. The van der Waals surface area contributed by atoms with E-state index in [1.54, 1.807) is 25.3 Å². The number of nitrogens with one attached hydrogen (secondary N) is 1. The number of aliphatic hydroxyl groups is 1. The largest absolute Gasteiger partial charge is 0.396 e. The van der Waals surface area contributed by atoms with Gasteiger partial charge < -0.3 is 15.2 Å². The van der Waals surface area contributed by atoms with Gasteiger partial charge in [-0.1, -0.05) is 18.2 Å². The lowest BCUT2D eigenvalue weighted by atomic mass is 10.1. The number of pyridine rings is 1. The molecule has 0 aliphatic carbocycles. The number of aromatic nitrogens is 1. The molecule has 7 heteroatoms. The smallest absolute Gasteiger partial charge is 0.311 e. The van der Waals surface area contributed by atoms with Crippen molar-refractivity contribution in [2.45, 2.75) is 12.5 Å². The van der Waals surface area contributed by atoms with Crippen LogP contribution in [0.5, 0.6) is 0 Å². The summed E-state index contributed by atoms with van der Waals surface area (Å²) in [6, 6.07) is 6.98. The maximum Gasteiger partial charge on any atom is 0.311 e. The van der Waals surface area contributed by atoms with Gasteiger partial charge in [0.15, 0.2) is 0 Å². The third kappa shape index (κ3) is 3.45. The van der Waals surface area contributed by atoms with Gasteiger partial charge in [0.05, 0.1) is 23.1 Å². The van der Waals surface area contributed by atoms with Crippen molar-refractivity contribution in [3.05, 3.63) is 40.6 Å². The number of para-hydroxylation sites is 1. The van der Waals surface area contributed by atoms with Crippen LogP contribution in [0.3, 0.4) is 0 Å². The highest BCUT2D eigenvalue weighted by molar-refractivity contribution is 5.95. The van der Waals surface area contributed by atoms with Gasteiger partial charge in [0.1, 0.15) is 11.9 Å². The van der Waals surface area contributed by atoms with Gasteiger partial charge >= 0.3 is 5.69 Å². The first-order chi connectivity index (χ1) is 10.2. The monoisotopic (exact) mass is 291 g/mol. The summed E-state index contributed by atoms with van der Waals surface area (Å²) in [5.41, 5.74) is 0.986. The molecular weight excluding hydrogens is 274 g/mol. The number of aliphatic hydroxyl groups excluding tert-OH is 1. The lowest BCUT2D eigenvalue weighted by molar-refractivity contribution is -0.384. The van der Waals surface area contributed by atoms with Crippen molar-refractivity contribution in [2.75, 3.05) is 25.6 Å². The highest BCUT2D eigenvalue weighted by Gasteiger charge is 2.20. The predicted molar refractivity (Wildman–Crippen MR) is 79.4 cm³/mol. The van der Waals surface area contributed by atoms with Crippen molar-refractivity contribution in [1.29, 1.82) is 0 Å². The summed E-state index contributed by atoms with van der Waals surface area (Å²) in [6.07, 6.45) is 1.68. The zero-order valence-electron chi connectivity index (χ0n) is 11.7. The third-order valence-corrected chi connectivity index (χ3v) is 3.15. The molecule has 1 heterocycles. The number of rotatable bonds is 7. The van der Waals surface area contributed by atoms with E-state index in [1.165, 1.54) is 6.20 Å². The quantitative estimate of drug-likeness (QED) is 0.597. The van der Waals surface area contributed by atoms with Gasteiger partial charge in [0.25, 0.3) is 0 Å². The number of nitro groups is 1. The molecule has 0 saturated heterocycles. The minimum atomic E-state index is -0.468. The number of benzene rings is 1. The van der Waals surface area contributed by atoms with E-state index in [1.807, 2.05) is 6.07 Å². The standard InChI is InChI=1S/C14H17N3O4/c1-21-9-10(6-7-18)16-14-11-4-2-3-5-12(11)15-8-13(14)17(19)20/h2-5,8,10,18H,6-7,9H2,1H3,(H,15,16). The van der Waals surface area contributed by atoms with Crippen LogP contribution in [-0.2, 0) is 4.74 Å². The van der Waals surface area contributed by atoms with E-state index in [0.717, 1.165) is 0 Å². The first-order valence-corrected chi connectivity index (χ1v) is 6.55. The van der Waals surface area contributed by atoms with Crippen LogP contribution >= 0.6 is 0 Å². The van der Waals surface area contributed by atoms with Crippen molar-refractivity contribution in [1.82, 2.24) is 4.98 Å². The summed E-state index contributed by atoms with van der Waals surface area (Å²) in [5, 5.41) is 24.1. The predicted octanol–water partition coefficient (Wildman–Crippen LogP) is 1.95. The van der Waals surface area contributed by atoms with Crippen LogP contribution in [0.2, 0.25) is 0 Å². The SMILES string of the molecule is COCC(CCO)Nc1c([N+](=O)[O-])cnc2ccccc12. The van der Waals surface area contributed by atoms with E-state index in [9.17, 15) is 10.1 Å². The van der Waals surface area contributed by atoms with E-state index >= 15 is 0 Å². The summed E-state index contributed by atoms with van der Waals surface area (Å²) in [6.45, 7) is 0.312. The first kappa shape index (κ1) is 15.1. The second kappa shape index (κ2) is 6.96. The number of hydrogen-bond acceptors (Lipinski definition) is 6. The van der Waals surface area contributed by atoms with Gasteiger partial charge in [-0.2, -0.15) is 0 Å². The Hall–Kier alpha value is -2.25. The summed E-state index contributed by atoms with van der Waals surface area (Å²) in [4.78, 5) is 14.8. The number of fused-ring (bicyclic) bond motifs is 1. The zero-order chi connectivity index (χ0) is 15.2. The Morgan fingerprint density at radius 3 is 2.90 bits per heavy atom. The normalized spacial score (nSPS) is 12.3. The molecule has 2 N–H and O–H groups in total. The molecule has 2 aromatic rings. The molecule has 0 bridgehead atoms. The van der Waals surface area contributed by atoms with Gasteiger partial charge in [0.2, 0.25) is 0 Å². The molecule has 1 unspecified atom stereocenters. The molecule has 1 aromatic heterocycles. The van der Waals surface area contributed by atoms with E-state index in [-0.39, 0.29) is 18.3 Å². The molecule has 2 rings (SSSR count). The molecule has 0 fully saturated rings. The fourth-order valence-corrected chi connectivity index (χ4v) is 2.18. The Morgan fingerprint density at radius 1 is 1.48 bits per heavy atom. The molecule has 1 atom stereocenters. The lowest BCUT2D eigenvalue weighted by Gasteiger charge is -2.19. The lowest BCUT2D eigenvalue weighted by Crippen LogP contribution is -2.26. The van der Waals surface area contributed by atoms with E-state index in [2.05, 4.69) is 10.3 Å². The number of anilines is 1. The van der Waals surface area contributed by atoms with Crippen LogP contribution < -0.4 is 5.32 Å². The average Bonchev–Trinajstić information content (AvgIpc) is 2.47. The average molecular weight is 291 g/mol. The summed E-state index contributed by atoms with van der Waals surface area (Å²) >= 11 is 0. The van der Waals surface area contributed by atoms with Crippen molar-refractivity contribution in [3.63, 3.8) is 0 Å². The van der Waals surface area contributed by atoms with Crippen molar-refractivity contribution in [2.24, 2.45) is 0 Å². The maximum absolute atomic E-state index is 11.2. The molecular formula is C14H17N3O4. The molecule has 0 aliphatic rings. The van der Waals surface area contributed by atoms with Gasteiger partial charge in [-0.3, -0.25) is 10.1 Å². The van der Waals surface area contributed by atoms with Crippen molar-refractivity contribution in [3.8, 4) is 0 Å². The number of hydrogen-bond donors (Lipinski definition) is 2. The molecule has 1 aromatic carbocycles. The Morgan fingerprint density at radius 2 is 2.24 bits per heavy atom. The Balaban J connectivity index is 2.47. The number of nitrogens with zero attached hydrogens (tertiary/aromatic N) is 2. The minimum absolute atomic E-state index is 0.0299. The van der Waals surface area contributed by atoms with E-state index in [0.29, 0.717) is 29.6 Å². The first-order valence-electron chi connectivity index (χ1n) is 6.55. The number of ether oxygens (including phenoxy) is 1. The molecule has 0 spiro atoms. The van der Waals surface area contributed by atoms with E-state index in [4.69, 9.17) is 9.84 Å². The molecule has 0 aliphatic heterocycles. The van der Waals surface area contributed by atoms with E-state index < -0.39 is 4.92 Å². The molecule has 7 nitrogen and oxygen atoms in total. The van der Waals surface area contributed by atoms with Gasteiger partial charge in [0, 0.05) is 19.1 Å². The number of methoxy groups -OCH3 is 1. The fourth-order valence-electron chi connectivity index (χ4n) is 2.18. The molecule has 0 amide bonds. The van der Waals surface area contributed by atoms with Gasteiger partial charge in [-0.15, -0.1) is 0 Å². The summed E-state index contributed by atoms with van der Waals surface area (Å²) in [5.74, 6) is 0. The van der Waals surface area contributed by atoms with Crippen LogP contribution in [0, 0.1) is 10.1 Å². The molecule has 112 valence electrons. The highest BCUT2D eigenvalue weighted by atomic mass is 16.6. The van der Waals surface area contributed by atoms with Crippen LogP contribution in [0.4, 0.5) is 11.4 Å². The van der Waals surface area contributed by atoms with Gasteiger partial charge in [-0.25, -0.2) is 4.98 Å². The van der Waals surface area contributed by atoms with Crippen LogP contribution in [-0.4, -0.2) is 41.4 Å². The summed E-state index contributed by atoms with van der Waals surface area (Å²) < 4.78 is 5.08. The van der Waals surface area contributed by atoms with Crippen LogP contribution in [0.25, 0.3) is 10.9 Å². The Bertz CT molecular complexity index is 627. The fraction of sp³-hybridized carbons (Fsp3) is 0.357. The molecule has 21 heavy (non-hydrogen) atoms. The second-order valence-corrected chi connectivity index (χ2v) is 4.60. The Labute approximate surface area is 121 Å². The second-order valence-electron chi connectivity index (χ2n) is 4.60. The minimum Gasteiger partial charge on any atom is -0.396 e. The maximum atomic E-state index is 11.2. The van der Waals surface area contributed by atoms with Crippen molar-refractivity contribution < 1.29 is 14.8 Å². The van der Waals surface area contributed by atoms with Crippen LogP contribution in [0.1, 0.15) is 6.42 Å². The molecule has 0 saturated carbocycles.